The predicted octanol–water partition coefficient (Wildman–Crippen LogP) is 5.17. The summed E-state index contributed by atoms with van der Waals surface area (Å²) in [4.78, 5) is 0. The van der Waals surface area contributed by atoms with Crippen LogP contribution in [0.1, 0.15) is 53.0 Å². The molecule has 2 nitrogen and oxygen atoms in total. The van der Waals surface area contributed by atoms with Gasteiger partial charge in [-0.2, -0.15) is 0 Å². The molecule has 1 unspecified atom stereocenters. The molecule has 18 heavy (non-hydrogen) atoms. The summed E-state index contributed by atoms with van der Waals surface area (Å²) >= 11 is 0. The van der Waals surface area contributed by atoms with E-state index in [1.54, 1.807) is 0 Å². The van der Waals surface area contributed by atoms with E-state index in [0.717, 1.165) is 12.2 Å². The molecule has 0 aromatic heterocycles. The normalized spacial score (nSPS) is 15.4. The summed E-state index contributed by atoms with van der Waals surface area (Å²) in [7, 11) is 0.0253. The molecule has 0 bridgehead atoms. The molecule has 0 aliphatic carbocycles. The molecule has 0 aliphatic rings. The van der Waals surface area contributed by atoms with Crippen molar-refractivity contribution in [2.45, 2.75) is 58.2 Å². The molecule has 0 saturated heterocycles. The zero-order valence-electron chi connectivity index (χ0n) is 12.0. The molecule has 0 radical (unpaired) electrons. The standard InChI is InChI=1S/C15H23O2P/c1-6-14(3,4)12-8-10-13(11-9-12)17-15(5,7-2)18-16/h8-11H,6-7H2,1-5H3. The Balaban J connectivity index is 2.87. The summed E-state index contributed by atoms with van der Waals surface area (Å²) in [5.41, 5.74) is 1.49. The van der Waals surface area contributed by atoms with Crippen molar-refractivity contribution in [3.05, 3.63) is 29.8 Å². The second-order valence-electron chi connectivity index (χ2n) is 5.48. The Hall–Kier alpha value is -0.880. The summed E-state index contributed by atoms with van der Waals surface area (Å²) < 4.78 is 16.9. The third-order valence-electron chi connectivity index (χ3n) is 3.71. The van der Waals surface area contributed by atoms with E-state index in [2.05, 4.69) is 32.9 Å². The molecule has 1 atom stereocenters. The highest BCUT2D eigenvalue weighted by Gasteiger charge is 2.25. The SMILES string of the molecule is CCC(C)(Oc1ccc(C(C)(C)CC)cc1)P=O. The van der Waals surface area contributed by atoms with Crippen LogP contribution in [0.2, 0.25) is 0 Å². The van der Waals surface area contributed by atoms with Crippen molar-refractivity contribution in [3.63, 3.8) is 0 Å². The topological polar surface area (TPSA) is 26.3 Å². The minimum absolute atomic E-state index is 0.0253. The maximum Gasteiger partial charge on any atom is 0.203 e. The van der Waals surface area contributed by atoms with E-state index in [4.69, 9.17) is 4.74 Å². The monoisotopic (exact) mass is 266 g/mol. The van der Waals surface area contributed by atoms with Gasteiger partial charge in [0.1, 0.15) is 5.75 Å². The van der Waals surface area contributed by atoms with Crippen molar-refractivity contribution in [1.29, 1.82) is 0 Å². The fraction of sp³-hybridized carbons (Fsp3) is 0.600. The third-order valence-corrected chi connectivity index (χ3v) is 4.50. The first-order chi connectivity index (χ1) is 8.37. The minimum atomic E-state index is -0.623. The van der Waals surface area contributed by atoms with E-state index < -0.39 is 5.34 Å². The van der Waals surface area contributed by atoms with Crippen LogP contribution in [-0.4, -0.2) is 5.34 Å². The first kappa shape index (κ1) is 15.2. The third kappa shape index (κ3) is 3.55. The molecule has 1 rings (SSSR count). The van der Waals surface area contributed by atoms with Gasteiger partial charge >= 0.3 is 0 Å². The Morgan fingerprint density at radius 2 is 1.61 bits per heavy atom. The Labute approximate surface area is 112 Å². The van der Waals surface area contributed by atoms with Gasteiger partial charge in [0.05, 0.1) is 0 Å². The first-order valence-corrected chi connectivity index (χ1v) is 7.32. The molecule has 3 heteroatoms. The average molecular weight is 266 g/mol. The highest BCUT2D eigenvalue weighted by Crippen LogP contribution is 2.32. The lowest BCUT2D eigenvalue weighted by Gasteiger charge is -2.25. The fourth-order valence-electron chi connectivity index (χ4n) is 1.59. The Kier molecular flexibility index (Phi) is 4.92. The van der Waals surface area contributed by atoms with Crippen LogP contribution in [0.4, 0.5) is 0 Å². The van der Waals surface area contributed by atoms with Crippen LogP contribution in [-0.2, 0) is 9.98 Å². The zero-order chi connectivity index (χ0) is 13.8. The Bertz CT molecular complexity index is 397. The number of benzene rings is 1. The van der Waals surface area contributed by atoms with Crippen molar-refractivity contribution >= 4 is 8.46 Å². The van der Waals surface area contributed by atoms with Crippen molar-refractivity contribution in [1.82, 2.24) is 0 Å². The molecule has 0 N–H and O–H groups in total. The van der Waals surface area contributed by atoms with Crippen LogP contribution in [0, 0.1) is 0 Å². The van der Waals surface area contributed by atoms with E-state index in [-0.39, 0.29) is 13.9 Å². The van der Waals surface area contributed by atoms with Gasteiger partial charge in [0.2, 0.25) is 8.46 Å². The predicted molar refractivity (Wildman–Crippen MR) is 76.7 cm³/mol. The van der Waals surface area contributed by atoms with Gasteiger partial charge in [0, 0.05) is 0 Å². The molecule has 100 valence electrons. The van der Waals surface area contributed by atoms with Crippen LogP contribution in [0.5, 0.6) is 5.75 Å². The minimum Gasteiger partial charge on any atom is -0.475 e. The zero-order valence-corrected chi connectivity index (χ0v) is 12.9. The molecule has 0 spiro atoms. The number of hydrogen-bond acceptors (Lipinski definition) is 2. The lowest BCUT2D eigenvalue weighted by atomic mass is 9.82. The number of ether oxygens (including phenoxy) is 1. The van der Waals surface area contributed by atoms with Gasteiger partial charge in [0.25, 0.3) is 0 Å². The molecule has 0 aliphatic heterocycles. The Morgan fingerprint density at radius 1 is 1.06 bits per heavy atom. The lowest BCUT2D eigenvalue weighted by Crippen LogP contribution is -2.24. The first-order valence-electron chi connectivity index (χ1n) is 6.51. The summed E-state index contributed by atoms with van der Waals surface area (Å²) in [5, 5.41) is -0.623. The van der Waals surface area contributed by atoms with E-state index in [9.17, 15) is 4.57 Å². The van der Waals surface area contributed by atoms with Gasteiger partial charge in [-0.15, -0.1) is 0 Å². The maximum atomic E-state index is 11.1. The molecular formula is C15H23O2P. The van der Waals surface area contributed by atoms with E-state index >= 15 is 0 Å². The maximum absolute atomic E-state index is 11.1. The average Bonchev–Trinajstić information content (AvgIpc) is 2.39. The molecule has 0 heterocycles. The highest BCUT2D eigenvalue weighted by molar-refractivity contribution is 7.25. The van der Waals surface area contributed by atoms with Gasteiger partial charge in [-0.3, -0.25) is 4.57 Å². The largest absolute Gasteiger partial charge is 0.475 e. The quantitative estimate of drug-likeness (QED) is 0.664. The van der Waals surface area contributed by atoms with Crippen molar-refractivity contribution in [2.75, 3.05) is 0 Å². The van der Waals surface area contributed by atoms with Crippen molar-refractivity contribution < 1.29 is 9.30 Å². The highest BCUT2D eigenvalue weighted by atomic mass is 31.1. The van der Waals surface area contributed by atoms with Crippen LogP contribution >= 0.6 is 8.46 Å². The summed E-state index contributed by atoms with van der Waals surface area (Å²) in [6, 6.07) is 8.12. The molecule has 1 aromatic carbocycles. The summed E-state index contributed by atoms with van der Waals surface area (Å²) in [6.45, 7) is 10.5. The van der Waals surface area contributed by atoms with Crippen LogP contribution in [0.25, 0.3) is 0 Å². The molecule has 0 saturated carbocycles. The lowest BCUT2D eigenvalue weighted by molar-refractivity contribution is 0.174. The fourth-order valence-corrected chi connectivity index (χ4v) is 1.86. The Morgan fingerprint density at radius 3 is 2.00 bits per heavy atom. The molecule has 0 fully saturated rings. The van der Waals surface area contributed by atoms with Crippen LogP contribution < -0.4 is 4.74 Å². The van der Waals surface area contributed by atoms with Crippen molar-refractivity contribution in [3.8, 4) is 5.75 Å². The summed E-state index contributed by atoms with van der Waals surface area (Å²) in [6.07, 6.45) is 1.80. The smallest absolute Gasteiger partial charge is 0.203 e. The number of rotatable bonds is 6. The van der Waals surface area contributed by atoms with E-state index in [0.29, 0.717) is 6.42 Å². The second-order valence-corrected chi connectivity index (χ2v) is 6.61. The molecule has 1 aromatic rings. The molecular weight excluding hydrogens is 243 g/mol. The molecule has 0 amide bonds. The van der Waals surface area contributed by atoms with Gasteiger partial charge in [-0.25, -0.2) is 0 Å². The van der Waals surface area contributed by atoms with E-state index in [1.165, 1.54) is 5.56 Å². The van der Waals surface area contributed by atoms with Crippen LogP contribution in [0.3, 0.4) is 0 Å². The second kappa shape index (κ2) is 5.84. The summed E-state index contributed by atoms with van der Waals surface area (Å²) in [5.74, 6) is 0.776. The van der Waals surface area contributed by atoms with E-state index in [1.807, 2.05) is 26.0 Å². The van der Waals surface area contributed by atoms with Gasteiger partial charge in [-0.1, -0.05) is 39.8 Å². The van der Waals surface area contributed by atoms with Gasteiger partial charge < -0.3 is 4.74 Å². The van der Waals surface area contributed by atoms with Crippen molar-refractivity contribution in [2.24, 2.45) is 0 Å². The number of hydrogen-bond donors (Lipinski definition) is 0. The van der Waals surface area contributed by atoms with Gasteiger partial charge in [0.15, 0.2) is 5.34 Å². The van der Waals surface area contributed by atoms with Gasteiger partial charge in [-0.05, 0) is 42.9 Å². The van der Waals surface area contributed by atoms with Crippen LogP contribution in [0.15, 0.2) is 24.3 Å².